The van der Waals surface area contributed by atoms with Crippen molar-refractivity contribution in [2.24, 2.45) is 0 Å². The predicted molar refractivity (Wildman–Crippen MR) is 84.0 cm³/mol. The van der Waals surface area contributed by atoms with Crippen LogP contribution >= 0.6 is 0 Å². The first kappa shape index (κ1) is 14.3. The van der Waals surface area contributed by atoms with Crippen LogP contribution in [0.4, 0.5) is 0 Å². The third-order valence-corrected chi connectivity index (χ3v) is 4.45. The number of aromatic nitrogens is 3. The summed E-state index contributed by atoms with van der Waals surface area (Å²) in [6.07, 6.45) is 5.47. The van der Waals surface area contributed by atoms with Gasteiger partial charge in [0.1, 0.15) is 12.2 Å². The Balaban J connectivity index is 1.61. The summed E-state index contributed by atoms with van der Waals surface area (Å²) in [6.45, 7) is 6.26. The monoisotopic (exact) mass is 284 g/mol. The van der Waals surface area contributed by atoms with Gasteiger partial charge in [0.05, 0.1) is 6.54 Å². The molecule has 21 heavy (non-hydrogen) atoms. The van der Waals surface area contributed by atoms with E-state index in [2.05, 4.69) is 52.2 Å². The third kappa shape index (κ3) is 3.50. The van der Waals surface area contributed by atoms with E-state index in [4.69, 9.17) is 0 Å². The number of hydrogen-bond acceptors (Lipinski definition) is 3. The van der Waals surface area contributed by atoms with Crippen LogP contribution in [-0.4, -0.2) is 32.8 Å². The average molecular weight is 284 g/mol. The fourth-order valence-electron chi connectivity index (χ4n) is 3.25. The first-order valence-corrected chi connectivity index (χ1v) is 8.01. The van der Waals surface area contributed by atoms with Crippen molar-refractivity contribution >= 4 is 0 Å². The molecule has 2 aromatic rings. The summed E-state index contributed by atoms with van der Waals surface area (Å²) in [5, 5.41) is 4.27. The number of rotatable bonds is 4. The molecular formula is C17H24N4. The van der Waals surface area contributed by atoms with Crippen LogP contribution in [0.15, 0.2) is 36.7 Å². The van der Waals surface area contributed by atoms with E-state index in [1.807, 2.05) is 4.68 Å². The van der Waals surface area contributed by atoms with Gasteiger partial charge in [0.15, 0.2) is 0 Å². The van der Waals surface area contributed by atoms with Gasteiger partial charge in [0.2, 0.25) is 0 Å². The molecule has 1 saturated heterocycles. The maximum Gasteiger partial charge on any atom is 0.140 e. The smallest absolute Gasteiger partial charge is 0.140 e. The number of aryl methyl sites for hydroxylation is 1. The first-order valence-electron chi connectivity index (χ1n) is 8.01. The fourth-order valence-corrected chi connectivity index (χ4v) is 3.25. The zero-order valence-electron chi connectivity index (χ0n) is 12.8. The third-order valence-electron chi connectivity index (χ3n) is 4.45. The van der Waals surface area contributed by atoms with Crippen LogP contribution in [0.1, 0.15) is 43.5 Å². The number of likely N-dealkylation sites (tertiary alicyclic amines) is 1. The maximum atomic E-state index is 4.40. The molecule has 0 amide bonds. The van der Waals surface area contributed by atoms with Crippen LogP contribution in [0, 0.1) is 0 Å². The summed E-state index contributed by atoms with van der Waals surface area (Å²) >= 11 is 0. The number of hydrogen-bond donors (Lipinski definition) is 0. The molecule has 0 N–H and O–H groups in total. The fraction of sp³-hybridized carbons (Fsp3) is 0.529. The van der Waals surface area contributed by atoms with Crippen molar-refractivity contribution < 1.29 is 0 Å². The molecule has 1 aromatic carbocycles. The molecule has 112 valence electrons. The zero-order valence-corrected chi connectivity index (χ0v) is 12.8. The van der Waals surface area contributed by atoms with Gasteiger partial charge in [-0.1, -0.05) is 30.3 Å². The lowest BCUT2D eigenvalue weighted by atomic mass is 9.92. The Morgan fingerprint density at radius 2 is 2.00 bits per heavy atom. The molecule has 4 heteroatoms. The Bertz CT molecular complexity index is 549. The zero-order chi connectivity index (χ0) is 14.5. The molecule has 0 aliphatic carbocycles. The van der Waals surface area contributed by atoms with E-state index in [1.165, 1.54) is 31.4 Å². The minimum atomic E-state index is 0.709. The van der Waals surface area contributed by atoms with E-state index in [0.717, 1.165) is 25.5 Å². The van der Waals surface area contributed by atoms with Crippen molar-refractivity contribution in [1.82, 2.24) is 19.7 Å². The van der Waals surface area contributed by atoms with Gasteiger partial charge in [0, 0.05) is 6.54 Å². The summed E-state index contributed by atoms with van der Waals surface area (Å²) in [5.74, 6) is 1.80. The van der Waals surface area contributed by atoms with Crippen LogP contribution in [0.3, 0.4) is 0 Å². The summed E-state index contributed by atoms with van der Waals surface area (Å²) in [4.78, 5) is 6.93. The molecule has 0 spiro atoms. The molecule has 1 aliphatic heterocycles. The van der Waals surface area contributed by atoms with Crippen LogP contribution < -0.4 is 0 Å². The van der Waals surface area contributed by atoms with E-state index in [-0.39, 0.29) is 0 Å². The maximum absolute atomic E-state index is 4.40. The Kier molecular flexibility index (Phi) is 4.65. The minimum Gasteiger partial charge on any atom is -0.296 e. The Labute approximate surface area is 126 Å². The van der Waals surface area contributed by atoms with Crippen molar-refractivity contribution in [3.8, 4) is 0 Å². The topological polar surface area (TPSA) is 34.0 Å². The van der Waals surface area contributed by atoms with Gasteiger partial charge in [-0.05, 0) is 50.8 Å². The van der Waals surface area contributed by atoms with Crippen molar-refractivity contribution in [2.45, 2.75) is 45.2 Å². The summed E-state index contributed by atoms with van der Waals surface area (Å²) in [5.41, 5.74) is 1.50. The highest BCUT2D eigenvalue weighted by Gasteiger charge is 2.19. The van der Waals surface area contributed by atoms with Gasteiger partial charge in [-0.3, -0.25) is 4.90 Å². The number of benzene rings is 1. The summed E-state index contributed by atoms with van der Waals surface area (Å²) < 4.78 is 2.00. The minimum absolute atomic E-state index is 0.709. The number of nitrogens with zero attached hydrogens (tertiary/aromatic N) is 4. The molecular weight excluding hydrogens is 260 g/mol. The SMILES string of the molecule is CCn1ncnc1CN1CCC[C@H](c2ccccc2)CC1. The molecule has 0 bridgehead atoms. The Morgan fingerprint density at radius 3 is 2.81 bits per heavy atom. The highest BCUT2D eigenvalue weighted by molar-refractivity contribution is 5.19. The van der Waals surface area contributed by atoms with Crippen molar-refractivity contribution in [3.05, 3.63) is 48.0 Å². The summed E-state index contributed by atoms with van der Waals surface area (Å²) in [6, 6.07) is 11.0. The van der Waals surface area contributed by atoms with Crippen LogP contribution in [0.2, 0.25) is 0 Å². The lowest BCUT2D eigenvalue weighted by molar-refractivity contribution is 0.263. The standard InChI is InChI=1S/C17H24N4/c1-2-21-17(18-14-19-21)13-20-11-6-9-16(10-12-20)15-7-4-3-5-8-15/h3-5,7-8,14,16H,2,6,9-13H2,1H3/t16-/m0/s1. The molecule has 0 saturated carbocycles. The molecule has 1 aliphatic rings. The molecule has 1 aromatic heterocycles. The highest BCUT2D eigenvalue weighted by atomic mass is 15.3. The van der Waals surface area contributed by atoms with Gasteiger partial charge in [-0.25, -0.2) is 9.67 Å². The Hall–Kier alpha value is -1.68. The van der Waals surface area contributed by atoms with Gasteiger partial charge >= 0.3 is 0 Å². The second kappa shape index (κ2) is 6.85. The van der Waals surface area contributed by atoms with Crippen LogP contribution in [0.25, 0.3) is 0 Å². The van der Waals surface area contributed by atoms with E-state index in [9.17, 15) is 0 Å². The lowest BCUT2D eigenvalue weighted by Crippen LogP contribution is -2.26. The second-order valence-electron chi connectivity index (χ2n) is 5.81. The van der Waals surface area contributed by atoms with Gasteiger partial charge in [-0.2, -0.15) is 5.10 Å². The molecule has 0 unspecified atom stereocenters. The molecule has 1 atom stereocenters. The van der Waals surface area contributed by atoms with E-state index in [0.29, 0.717) is 5.92 Å². The molecule has 4 nitrogen and oxygen atoms in total. The lowest BCUT2D eigenvalue weighted by Gasteiger charge is -2.19. The van der Waals surface area contributed by atoms with Gasteiger partial charge in [-0.15, -0.1) is 0 Å². The van der Waals surface area contributed by atoms with Gasteiger partial charge < -0.3 is 0 Å². The molecule has 2 heterocycles. The van der Waals surface area contributed by atoms with E-state index in [1.54, 1.807) is 6.33 Å². The van der Waals surface area contributed by atoms with E-state index >= 15 is 0 Å². The van der Waals surface area contributed by atoms with Gasteiger partial charge in [0.25, 0.3) is 0 Å². The normalized spacial score (nSPS) is 20.3. The van der Waals surface area contributed by atoms with Crippen LogP contribution in [0.5, 0.6) is 0 Å². The largest absolute Gasteiger partial charge is 0.296 e. The van der Waals surface area contributed by atoms with Crippen molar-refractivity contribution in [3.63, 3.8) is 0 Å². The van der Waals surface area contributed by atoms with Crippen molar-refractivity contribution in [1.29, 1.82) is 0 Å². The first-order chi connectivity index (χ1) is 10.4. The molecule has 1 fully saturated rings. The van der Waals surface area contributed by atoms with Crippen LogP contribution in [-0.2, 0) is 13.1 Å². The predicted octanol–water partition coefficient (Wildman–Crippen LogP) is 3.07. The van der Waals surface area contributed by atoms with Crippen molar-refractivity contribution in [2.75, 3.05) is 13.1 Å². The second-order valence-corrected chi connectivity index (χ2v) is 5.81. The quantitative estimate of drug-likeness (QED) is 0.865. The molecule has 3 rings (SSSR count). The Morgan fingerprint density at radius 1 is 1.14 bits per heavy atom. The average Bonchev–Trinajstić information content (AvgIpc) is 2.84. The highest BCUT2D eigenvalue weighted by Crippen LogP contribution is 2.28. The summed E-state index contributed by atoms with van der Waals surface area (Å²) in [7, 11) is 0. The molecule has 0 radical (unpaired) electrons. The van der Waals surface area contributed by atoms with E-state index < -0.39 is 0 Å².